The van der Waals surface area contributed by atoms with Crippen LogP contribution in [-0.2, 0) is 6.42 Å². The zero-order valence-electron chi connectivity index (χ0n) is 8.04. The highest BCUT2D eigenvalue weighted by atomic mass is 16.5. The average Bonchev–Trinajstić information content (AvgIpc) is 2.55. The molecule has 0 atom stereocenters. The van der Waals surface area contributed by atoms with Gasteiger partial charge in [-0.05, 0) is 25.5 Å². The van der Waals surface area contributed by atoms with E-state index in [-0.39, 0.29) is 11.5 Å². The third kappa shape index (κ3) is 1.25. The van der Waals surface area contributed by atoms with E-state index in [1.807, 2.05) is 6.92 Å². The molecule has 1 aromatic carbocycles. The van der Waals surface area contributed by atoms with E-state index >= 15 is 0 Å². The Balaban J connectivity index is 2.54. The molecule has 0 bridgehead atoms. The van der Waals surface area contributed by atoms with Gasteiger partial charge in [-0.15, -0.1) is 0 Å². The second kappa shape index (κ2) is 3.33. The van der Waals surface area contributed by atoms with Crippen molar-refractivity contribution in [2.45, 2.75) is 19.8 Å². The monoisotopic (exact) mass is 192 g/mol. The Hall–Kier alpha value is -1.51. The average molecular weight is 192 g/mol. The molecular weight excluding hydrogens is 180 g/mol. The number of hydrogen-bond donors (Lipinski definition) is 1. The maximum Gasteiger partial charge on any atom is 0.167 e. The van der Waals surface area contributed by atoms with Crippen LogP contribution in [0.4, 0.5) is 0 Å². The third-order valence-electron chi connectivity index (χ3n) is 2.43. The molecule has 3 heteroatoms. The molecule has 0 radical (unpaired) electrons. The summed E-state index contributed by atoms with van der Waals surface area (Å²) in [7, 11) is 0. The summed E-state index contributed by atoms with van der Waals surface area (Å²) in [5, 5.41) is 9.53. The van der Waals surface area contributed by atoms with Gasteiger partial charge in [0.25, 0.3) is 0 Å². The molecule has 0 aromatic heterocycles. The van der Waals surface area contributed by atoms with Crippen LogP contribution in [-0.4, -0.2) is 17.5 Å². The molecule has 0 heterocycles. The van der Waals surface area contributed by atoms with E-state index in [9.17, 15) is 9.90 Å². The number of carbonyl (C=O) groups excluding carboxylic acids is 1. The normalized spacial score (nSPS) is 14.2. The van der Waals surface area contributed by atoms with Gasteiger partial charge < -0.3 is 9.84 Å². The summed E-state index contributed by atoms with van der Waals surface area (Å²) in [6.07, 6.45) is 1.11. The molecule has 2 rings (SSSR count). The maximum atomic E-state index is 11.5. The first-order valence-corrected chi connectivity index (χ1v) is 4.75. The van der Waals surface area contributed by atoms with Gasteiger partial charge in [0.2, 0.25) is 0 Å². The van der Waals surface area contributed by atoms with Crippen LogP contribution in [0, 0.1) is 0 Å². The summed E-state index contributed by atoms with van der Waals surface area (Å²) >= 11 is 0. The first-order valence-electron chi connectivity index (χ1n) is 4.75. The molecule has 1 aromatic rings. The number of aromatic hydroxyl groups is 1. The molecule has 3 nitrogen and oxygen atoms in total. The van der Waals surface area contributed by atoms with E-state index < -0.39 is 0 Å². The van der Waals surface area contributed by atoms with Gasteiger partial charge in [0.1, 0.15) is 11.5 Å². The van der Waals surface area contributed by atoms with E-state index in [4.69, 9.17) is 4.74 Å². The van der Waals surface area contributed by atoms with Crippen LogP contribution < -0.4 is 4.74 Å². The lowest BCUT2D eigenvalue weighted by Crippen LogP contribution is -2.00. The highest BCUT2D eigenvalue weighted by Crippen LogP contribution is 2.36. The fraction of sp³-hybridized carbons (Fsp3) is 0.364. The number of phenolic OH excluding ortho intramolecular Hbond substituents is 1. The molecule has 0 spiro atoms. The largest absolute Gasteiger partial charge is 0.508 e. The Morgan fingerprint density at radius 3 is 2.93 bits per heavy atom. The third-order valence-corrected chi connectivity index (χ3v) is 2.43. The van der Waals surface area contributed by atoms with Crippen LogP contribution in [0.3, 0.4) is 0 Å². The van der Waals surface area contributed by atoms with Crippen LogP contribution in [0.15, 0.2) is 12.1 Å². The smallest absolute Gasteiger partial charge is 0.167 e. The van der Waals surface area contributed by atoms with Gasteiger partial charge in [-0.3, -0.25) is 4.79 Å². The van der Waals surface area contributed by atoms with E-state index in [2.05, 4.69) is 0 Å². The van der Waals surface area contributed by atoms with Crippen molar-refractivity contribution >= 4 is 5.78 Å². The molecule has 0 aliphatic heterocycles. The SMILES string of the molecule is CCOc1ccc(O)c2c1C(=O)CC2. The Labute approximate surface area is 82.3 Å². The fourth-order valence-corrected chi connectivity index (χ4v) is 1.81. The Kier molecular flexibility index (Phi) is 2.15. The summed E-state index contributed by atoms with van der Waals surface area (Å²) in [5.74, 6) is 0.872. The second-order valence-electron chi connectivity index (χ2n) is 3.29. The van der Waals surface area contributed by atoms with Crippen LogP contribution in [0.5, 0.6) is 11.5 Å². The van der Waals surface area contributed by atoms with Crippen LogP contribution in [0.25, 0.3) is 0 Å². The summed E-state index contributed by atoms with van der Waals surface area (Å²) in [5.41, 5.74) is 1.31. The standard InChI is InChI=1S/C11H12O3/c1-2-14-10-6-5-8(12)7-3-4-9(13)11(7)10/h5-6,12H,2-4H2,1H3. The second-order valence-corrected chi connectivity index (χ2v) is 3.29. The van der Waals surface area contributed by atoms with Crippen molar-refractivity contribution in [1.29, 1.82) is 0 Å². The van der Waals surface area contributed by atoms with Gasteiger partial charge in [0.15, 0.2) is 5.78 Å². The first kappa shape index (κ1) is 9.06. The number of rotatable bonds is 2. The zero-order chi connectivity index (χ0) is 10.1. The van der Waals surface area contributed by atoms with Crippen molar-refractivity contribution < 1.29 is 14.6 Å². The molecular formula is C11H12O3. The quantitative estimate of drug-likeness (QED) is 0.778. The number of Topliss-reactive ketones (excluding diaryl/α,β-unsaturated/α-hetero) is 1. The number of ether oxygens (including phenoxy) is 1. The van der Waals surface area contributed by atoms with E-state index in [1.54, 1.807) is 12.1 Å². The lowest BCUT2D eigenvalue weighted by Gasteiger charge is -2.08. The summed E-state index contributed by atoms with van der Waals surface area (Å²) in [6, 6.07) is 3.24. The van der Waals surface area contributed by atoms with Crippen molar-refractivity contribution in [1.82, 2.24) is 0 Å². The summed E-state index contributed by atoms with van der Waals surface area (Å²) in [6.45, 7) is 2.41. The Bertz CT molecular complexity index is 382. The number of carbonyl (C=O) groups is 1. The molecule has 0 fully saturated rings. The molecule has 0 saturated heterocycles. The minimum absolute atomic E-state index is 0.0688. The molecule has 14 heavy (non-hydrogen) atoms. The van der Waals surface area contributed by atoms with Gasteiger partial charge in [0, 0.05) is 12.0 Å². The minimum Gasteiger partial charge on any atom is -0.508 e. The number of hydrogen-bond acceptors (Lipinski definition) is 3. The van der Waals surface area contributed by atoms with Gasteiger partial charge >= 0.3 is 0 Å². The molecule has 0 saturated carbocycles. The molecule has 1 aliphatic carbocycles. The van der Waals surface area contributed by atoms with Crippen LogP contribution in [0.1, 0.15) is 29.3 Å². The van der Waals surface area contributed by atoms with Crippen molar-refractivity contribution in [3.05, 3.63) is 23.3 Å². The van der Waals surface area contributed by atoms with Crippen molar-refractivity contribution in [3.63, 3.8) is 0 Å². The summed E-state index contributed by atoms with van der Waals surface area (Å²) < 4.78 is 5.34. The molecule has 1 N–H and O–H groups in total. The van der Waals surface area contributed by atoms with Crippen molar-refractivity contribution in [2.24, 2.45) is 0 Å². The minimum atomic E-state index is 0.0688. The van der Waals surface area contributed by atoms with Crippen molar-refractivity contribution in [3.8, 4) is 11.5 Å². The van der Waals surface area contributed by atoms with E-state index in [0.717, 1.165) is 5.56 Å². The van der Waals surface area contributed by atoms with Gasteiger partial charge in [-0.2, -0.15) is 0 Å². The van der Waals surface area contributed by atoms with Gasteiger partial charge in [0.05, 0.1) is 12.2 Å². The van der Waals surface area contributed by atoms with Crippen LogP contribution >= 0.6 is 0 Å². The number of fused-ring (bicyclic) bond motifs is 1. The van der Waals surface area contributed by atoms with Gasteiger partial charge in [-0.1, -0.05) is 0 Å². The number of phenols is 1. The number of ketones is 1. The maximum absolute atomic E-state index is 11.5. The molecule has 74 valence electrons. The first-order chi connectivity index (χ1) is 6.74. The van der Waals surface area contributed by atoms with E-state index in [0.29, 0.717) is 30.8 Å². The summed E-state index contributed by atoms with van der Waals surface area (Å²) in [4.78, 5) is 11.5. The molecule has 0 amide bonds. The highest BCUT2D eigenvalue weighted by Gasteiger charge is 2.26. The Morgan fingerprint density at radius 1 is 1.43 bits per heavy atom. The van der Waals surface area contributed by atoms with Gasteiger partial charge in [-0.25, -0.2) is 0 Å². The zero-order valence-corrected chi connectivity index (χ0v) is 8.04. The Morgan fingerprint density at radius 2 is 2.21 bits per heavy atom. The van der Waals surface area contributed by atoms with E-state index in [1.165, 1.54) is 0 Å². The van der Waals surface area contributed by atoms with Crippen LogP contribution in [0.2, 0.25) is 0 Å². The fourth-order valence-electron chi connectivity index (χ4n) is 1.81. The predicted molar refractivity (Wildman–Crippen MR) is 51.9 cm³/mol. The highest BCUT2D eigenvalue weighted by molar-refractivity contribution is 6.03. The predicted octanol–water partition coefficient (Wildman–Crippen LogP) is 1.92. The number of benzene rings is 1. The van der Waals surface area contributed by atoms with Crippen molar-refractivity contribution in [2.75, 3.05) is 6.61 Å². The molecule has 1 aliphatic rings. The molecule has 0 unspecified atom stereocenters. The lowest BCUT2D eigenvalue weighted by molar-refractivity contribution is 0.0991. The topological polar surface area (TPSA) is 46.5 Å². The lowest BCUT2D eigenvalue weighted by atomic mass is 10.1.